The Kier molecular flexibility index (Phi) is 2.42. The Morgan fingerprint density at radius 1 is 0.882 bits per heavy atom. The van der Waals surface area contributed by atoms with E-state index in [1.807, 2.05) is 48.7 Å². The van der Waals surface area contributed by atoms with Crippen LogP contribution in [-0.4, -0.2) is 10.1 Å². The van der Waals surface area contributed by atoms with Crippen LogP contribution in [0.2, 0.25) is 0 Å². The molecule has 0 bridgehead atoms. The van der Waals surface area contributed by atoms with Crippen molar-refractivity contribution < 1.29 is 5.11 Å². The lowest BCUT2D eigenvalue weighted by Crippen LogP contribution is -2.00. The zero-order valence-electron chi connectivity index (χ0n) is 9.30. The summed E-state index contributed by atoms with van der Waals surface area (Å²) in [5, 5.41) is 12.6. The molecule has 2 N–H and O–H groups in total. The fourth-order valence-electron chi connectivity index (χ4n) is 2.17. The smallest absolute Gasteiger partial charge is 0.119 e. The first kappa shape index (κ1) is 10.1. The largest absolute Gasteiger partial charge is 0.382 e. The molecule has 1 aromatic heterocycles. The lowest BCUT2D eigenvalue weighted by molar-refractivity contribution is 0.217. The van der Waals surface area contributed by atoms with Crippen molar-refractivity contribution in [1.82, 2.24) is 4.98 Å². The fraction of sp³-hybridized carbons (Fsp3) is 0.0667. The first-order chi connectivity index (χ1) is 8.36. The molecule has 0 aliphatic carbocycles. The predicted molar refractivity (Wildman–Crippen MR) is 68.8 cm³/mol. The van der Waals surface area contributed by atoms with Gasteiger partial charge in [0.15, 0.2) is 0 Å². The number of aromatic amines is 1. The highest BCUT2D eigenvalue weighted by molar-refractivity contribution is 5.86. The molecule has 0 radical (unpaired) electrons. The number of rotatable bonds is 2. The second-order valence-corrected chi connectivity index (χ2v) is 4.10. The Morgan fingerprint density at radius 2 is 1.71 bits per heavy atom. The van der Waals surface area contributed by atoms with Crippen LogP contribution in [0.5, 0.6) is 0 Å². The molecule has 0 saturated carbocycles. The van der Waals surface area contributed by atoms with Crippen LogP contribution in [0.3, 0.4) is 0 Å². The van der Waals surface area contributed by atoms with Crippen molar-refractivity contribution in [2.75, 3.05) is 0 Å². The monoisotopic (exact) mass is 223 g/mol. The number of hydrogen-bond acceptors (Lipinski definition) is 1. The molecule has 84 valence electrons. The SMILES string of the molecule is OC(c1ccc[nH]1)c1cccc2ccccc12. The quantitative estimate of drug-likeness (QED) is 0.687. The van der Waals surface area contributed by atoms with Crippen molar-refractivity contribution >= 4 is 10.8 Å². The summed E-state index contributed by atoms with van der Waals surface area (Å²) >= 11 is 0. The molecule has 3 rings (SSSR count). The van der Waals surface area contributed by atoms with E-state index in [1.165, 1.54) is 0 Å². The van der Waals surface area contributed by atoms with Crippen molar-refractivity contribution in [2.45, 2.75) is 6.10 Å². The van der Waals surface area contributed by atoms with Gasteiger partial charge in [0.05, 0.1) is 0 Å². The van der Waals surface area contributed by atoms with Gasteiger partial charge in [-0.1, -0.05) is 42.5 Å². The van der Waals surface area contributed by atoms with Crippen molar-refractivity contribution in [3.63, 3.8) is 0 Å². The molecule has 1 unspecified atom stereocenters. The number of aromatic nitrogens is 1. The Labute approximate surface area is 99.5 Å². The summed E-state index contributed by atoms with van der Waals surface area (Å²) in [6.07, 6.45) is 1.22. The number of aliphatic hydroxyl groups is 1. The number of fused-ring (bicyclic) bond motifs is 1. The van der Waals surface area contributed by atoms with Gasteiger partial charge < -0.3 is 10.1 Å². The molecular formula is C15H13NO. The molecule has 0 aliphatic heterocycles. The van der Waals surface area contributed by atoms with Crippen LogP contribution in [0.4, 0.5) is 0 Å². The van der Waals surface area contributed by atoms with Gasteiger partial charge in [0.2, 0.25) is 0 Å². The van der Waals surface area contributed by atoms with Gasteiger partial charge >= 0.3 is 0 Å². The Morgan fingerprint density at radius 3 is 2.53 bits per heavy atom. The van der Waals surface area contributed by atoms with Gasteiger partial charge in [-0.3, -0.25) is 0 Å². The van der Waals surface area contributed by atoms with E-state index in [0.29, 0.717) is 0 Å². The maximum absolute atomic E-state index is 10.3. The third-order valence-electron chi connectivity index (χ3n) is 3.03. The van der Waals surface area contributed by atoms with Crippen molar-refractivity contribution in [1.29, 1.82) is 0 Å². The van der Waals surface area contributed by atoms with Crippen LogP contribution in [0.15, 0.2) is 60.8 Å². The summed E-state index contributed by atoms with van der Waals surface area (Å²) in [5.41, 5.74) is 1.76. The zero-order valence-corrected chi connectivity index (χ0v) is 9.30. The summed E-state index contributed by atoms with van der Waals surface area (Å²) in [6, 6.07) is 17.9. The Bertz CT molecular complexity index is 623. The van der Waals surface area contributed by atoms with E-state index in [9.17, 15) is 5.11 Å². The molecule has 2 aromatic carbocycles. The number of nitrogens with one attached hydrogen (secondary N) is 1. The molecule has 0 amide bonds. The molecule has 3 aromatic rings. The van der Waals surface area contributed by atoms with Crippen LogP contribution in [0.25, 0.3) is 10.8 Å². The average molecular weight is 223 g/mol. The fourth-order valence-corrected chi connectivity index (χ4v) is 2.17. The van der Waals surface area contributed by atoms with Gasteiger partial charge in [0.25, 0.3) is 0 Å². The van der Waals surface area contributed by atoms with E-state index < -0.39 is 6.10 Å². The first-order valence-electron chi connectivity index (χ1n) is 5.65. The lowest BCUT2D eigenvalue weighted by atomic mass is 9.99. The Hall–Kier alpha value is -2.06. The molecule has 0 saturated heterocycles. The summed E-state index contributed by atoms with van der Waals surface area (Å²) < 4.78 is 0. The highest BCUT2D eigenvalue weighted by atomic mass is 16.3. The maximum Gasteiger partial charge on any atom is 0.119 e. The van der Waals surface area contributed by atoms with Crippen LogP contribution in [-0.2, 0) is 0 Å². The maximum atomic E-state index is 10.3. The van der Waals surface area contributed by atoms with Gasteiger partial charge in [0.1, 0.15) is 6.10 Å². The normalized spacial score (nSPS) is 12.8. The van der Waals surface area contributed by atoms with Crippen LogP contribution < -0.4 is 0 Å². The van der Waals surface area contributed by atoms with Crippen LogP contribution >= 0.6 is 0 Å². The van der Waals surface area contributed by atoms with Gasteiger partial charge in [-0.2, -0.15) is 0 Å². The van der Waals surface area contributed by atoms with E-state index in [0.717, 1.165) is 22.0 Å². The number of benzene rings is 2. The number of aliphatic hydroxyl groups excluding tert-OH is 1. The van der Waals surface area contributed by atoms with E-state index in [-0.39, 0.29) is 0 Å². The van der Waals surface area contributed by atoms with Gasteiger partial charge in [0, 0.05) is 11.9 Å². The molecule has 0 fully saturated rings. The minimum Gasteiger partial charge on any atom is -0.382 e. The van der Waals surface area contributed by atoms with Crippen molar-refractivity contribution in [3.05, 3.63) is 72.1 Å². The number of H-pyrrole nitrogens is 1. The predicted octanol–water partition coefficient (Wildman–Crippen LogP) is 3.25. The standard InChI is InChI=1S/C15H13NO/c17-15(14-9-4-10-16-14)13-8-3-6-11-5-1-2-7-12(11)13/h1-10,15-17H. The topological polar surface area (TPSA) is 36.0 Å². The summed E-state index contributed by atoms with van der Waals surface area (Å²) in [7, 11) is 0. The van der Waals surface area contributed by atoms with E-state index >= 15 is 0 Å². The summed E-state index contributed by atoms with van der Waals surface area (Å²) in [6.45, 7) is 0. The van der Waals surface area contributed by atoms with Gasteiger partial charge in [-0.05, 0) is 28.5 Å². The molecule has 2 nitrogen and oxygen atoms in total. The zero-order chi connectivity index (χ0) is 11.7. The molecule has 0 spiro atoms. The molecule has 17 heavy (non-hydrogen) atoms. The third-order valence-corrected chi connectivity index (χ3v) is 3.03. The average Bonchev–Trinajstić information content (AvgIpc) is 2.91. The number of hydrogen-bond donors (Lipinski definition) is 2. The van der Waals surface area contributed by atoms with E-state index in [4.69, 9.17) is 0 Å². The third kappa shape index (κ3) is 1.73. The highest BCUT2D eigenvalue weighted by Crippen LogP contribution is 2.27. The van der Waals surface area contributed by atoms with Gasteiger partial charge in [-0.15, -0.1) is 0 Å². The second-order valence-electron chi connectivity index (χ2n) is 4.10. The molecule has 2 heteroatoms. The Balaban J connectivity index is 2.17. The van der Waals surface area contributed by atoms with Crippen molar-refractivity contribution in [2.24, 2.45) is 0 Å². The lowest BCUT2D eigenvalue weighted by Gasteiger charge is -2.12. The minimum absolute atomic E-state index is 0.601. The molecule has 1 atom stereocenters. The summed E-state index contributed by atoms with van der Waals surface area (Å²) in [4.78, 5) is 3.05. The van der Waals surface area contributed by atoms with Crippen molar-refractivity contribution in [3.8, 4) is 0 Å². The van der Waals surface area contributed by atoms with E-state index in [1.54, 1.807) is 0 Å². The second kappa shape index (κ2) is 4.07. The van der Waals surface area contributed by atoms with Gasteiger partial charge in [-0.25, -0.2) is 0 Å². The molecule has 1 heterocycles. The van der Waals surface area contributed by atoms with E-state index in [2.05, 4.69) is 17.1 Å². The molecular weight excluding hydrogens is 210 g/mol. The van der Waals surface area contributed by atoms with Crippen LogP contribution in [0, 0.1) is 0 Å². The minimum atomic E-state index is -0.601. The van der Waals surface area contributed by atoms with Crippen LogP contribution in [0.1, 0.15) is 17.4 Å². The molecule has 0 aliphatic rings. The highest BCUT2D eigenvalue weighted by Gasteiger charge is 2.13. The first-order valence-corrected chi connectivity index (χ1v) is 5.65. The summed E-state index contributed by atoms with van der Waals surface area (Å²) in [5.74, 6) is 0.